The van der Waals surface area contributed by atoms with Crippen LogP contribution in [0.5, 0.6) is 0 Å². The average Bonchev–Trinajstić information content (AvgIpc) is 2.99. The Morgan fingerprint density at radius 2 is 1.36 bits per heavy atom. The minimum Gasteiger partial charge on any atom is -0.357 e. The highest BCUT2D eigenvalue weighted by atomic mass is 35.5. The molecule has 7 nitrogen and oxygen atoms in total. The first-order chi connectivity index (χ1) is 20.1. The Kier molecular flexibility index (Phi) is 10.3. The van der Waals surface area contributed by atoms with E-state index in [-0.39, 0.29) is 23.8 Å². The summed E-state index contributed by atoms with van der Waals surface area (Å²) in [4.78, 5) is 28.9. The third-order valence-electron chi connectivity index (χ3n) is 6.79. The maximum Gasteiger partial charge on any atom is 0.264 e. The lowest BCUT2D eigenvalue weighted by atomic mass is 10.0. The normalized spacial score (nSPS) is 11.9. The van der Waals surface area contributed by atoms with Crippen LogP contribution in [0.1, 0.15) is 16.7 Å². The summed E-state index contributed by atoms with van der Waals surface area (Å²) >= 11 is 12.1. The summed E-state index contributed by atoms with van der Waals surface area (Å²) in [5.41, 5.74) is 2.83. The van der Waals surface area contributed by atoms with E-state index in [1.165, 1.54) is 36.2 Å². The summed E-state index contributed by atoms with van der Waals surface area (Å²) in [7, 11) is -2.68. The first-order valence-corrected chi connectivity index (χ1v) is 15.4. The third-order valence-corrected chi connectivity index (χ3v) is 9.08. The molecule has 0 fully saturated rings. The highest BCUT2D eigenvalue weighted by molar-refractivity contribution is 7.92. The number of nitrogens with zero attached hydrogens (tertiary/aromatic N) is 2. The molecule has 0 unspecified atom stereocenters. The van der Waals surface area contributed by atoms with Crippen molar-refractivity contribution in [3.8, 4) is 0 Å². The van der Waals surface area contributed by atoms with Gasteiger partial charge in [-0.05, 0) is 66.6 Å². The molecule has 1 N–H and O–H groups in total. The van der Waals surface area contributed by atoms with E-state index in [2.05, 4.69) is 5.32 Å². The van der Waals surface area contributed by atoms with Crippen LogP contribution in [-0.2, 0) is 32.6 Å². The number of carbonyl (C=O) groups excluding carboxylic acids is 2. The minimum absolute atomic E-state index is 0.0170. The van der Waals surface area contributed by atoms with E-state index in [4.69, 9.17) is 23.2 Å². The van der Waals surface area contributed by atoms with Gasteiger partial charge in [0, 0.05) is 30.1 Å². The fourth-order valence-electron chi connectivity index (χ4n) is 4.48. The number of likely N-dealkylation sites (N-methyl/N-ethyl adjacent to an activating group) is 1. The molecule has 1 atom stereocenters. The number of aryl methyl sites for hydroxylation is 1. The molecular weight excluding hydrogens is 593 g/mol. The van der Waals surface area contributed by atoms with Gasteiger partial charge in [0.05, 0.1) is 10.6 Å². The Morgan fingerprint density at radius 1 is 0.786 bits per heavy atom. The summed E-state index contributed by atoms with van der Waals surface area (Å²) in [5.74, 6) is -0.920. The van der Waals surface area contributed by atoms with Crippen molar-refractivity contribution >= 4 is 50.7 Å². The largest absolute Gasteiger partial charge is 0.357 e. The van der Waals surface area contributed by atoms with Crippen LogP contribution in [-0.4, -0.2) is 44.8 Å². The van der Waals surface area contributed by atoms with Gasteiger partial charge in [0.15, 0.2) is 0 Å². The number of anilines is 1. The molecule has 10 heteroatoms. The van der Waals surface area contributed by atoms with Gasteiger partial charge in [0.2, 0.25) is 11.8 Å². The Morgan fingerprint density at radius 3 is 1.93 bits per heavy atom. The molecule has 4 aromatic carbocycles. The summed E-state index contributed by atoms with van der Waals surface area (Å²) in [6.07, 6.45) is 0.230. The number of rotatable bonds is 11. The van der Waals surface area contributed by atoms with Gasteiger partial charge in [-0.1, -0.05) is 83.4 Å². The van der Waals surface area contributed by atoms with Crippen molar-refractivity contribution < 1.29 is 18.0 Å². The van der Waals surface area contributed by atoms with Crippen LogP contribution in [0.25, 0.3) is 0 Å². The third kappa shape index (κ3) is 7.70. The average molecular weight is 625 g/mol. The number of hydrogen-bond acceptors (Lipinski definition) is 4. The molecule has 0 bridgehead atoms. The molecule has 0 radical (unpaired) electrons. The fourth-order valence-corrected chi connectivity index (χ4v) is 6.15. The molecule has 42 heavy (non-hydrogen) atoms. The van der Waals surface area contributed by atoms with Gasteiger partial charge in [-0.3, -0.25) is 13.9 Å². The fraction of sp³-hybridized carbons (Fsp3) is 0.188. The molecule has 4 rings (SSSR count). The highest BCUT2D eigenvalue weighted by Gasteiger charge is 2.34. The number of sulfonamides is 1. The second kappa shape index (κ2) is 13.9. The molecule has 0 saturated heterocycles. The number of amides is 2. The topological polar surface area (TPSA) is 86.8 Å². The molecule has 0 aliphatic carbocycles. The van der Waals surface area contributed by atoms with E-state index in [1.807, 2.05) is 37.3 Å². The van der Waals surface area contributed by atoms with Crippen LogP contribution in [0.4, 0.5) is 5.69 Å². The lowest BCUT2D eigenvalue weighted by molar-refractivity contribution is -0.139. The van der Waals surface area contributed by atoms with E-state index in [0.717, 1.165) is 21.0 Å². The first kappa shape index (κ1) is 31.1. The van der Waals surface area contributed by atoms with Crippen LogP contribution in [0.3, 0.4) is 0 Å². The van der Waals surface area contributed by atoms with Gasteiger partial charge in [0.25, 0.3) is 10.0 Å². The summed E-state index contributed by atoms with van der Waals surface area (Å²) in [6, 6.07) is 28.0. The van der Waals surface area contributed by atoms with Crippen molar-refractivity contribution in [1.29, 1.82) is 0 Å². The van der Waals surface area contributed by atoms with Gasteiger partial charge < -0.3 is 10.2 Å². The molecule has 0 saturated carbocycles. The van der Waals surface area contributed by atoms with Gasteiger partial charge in [-0.15, -0.1) is 0 Å². The van der Waals surface area contributed by atoms with E-state index >= 15 is 0 Å². The van der Waals surface area contributed by atoms with Crippen molar-refractivity contribution in [2.24, 2.45) is 0 Å². The standard InChI is InChI=1S/C32H31Cl2N3O4S/c1-23-8-16-28(17-9-23)37(42(40,41)29-18-14-27(34)15-19-29)22-31(38)36(21-25-10-12-26(33)13-11-25)30(32(39)35-2)20-24-6-4-3-5-7-24/h3-19,30H,20-22H2,1-2H3,(H,35,39)/t30-/m1/s1. The molecule has 0 aromatic heterocycles. The van der Waals surface area contributed by atoms with Gasteiger partial charge in [-0.2, -0.15) is 0 Å². The van der Waals surface area contributed by atoms with Crippen LogP contribution in [0.2, 0.25) is 10.0 Å². The number of benzene rings is 4. The monoisotopic (exact) mass is 623 g/mol. The molecule has 0 aliphatic rings. The first-order valence-electron chi connectivity index (χ1n) is 13.2. The Balaban J connectivity index is 1.77. The van der Waals surface area contributed by atoms with Crippen molar-refractivity contribution in [2.75, 3.05) is 17.9 Å². The summed E-state index contributed by atoms with van der Waals surface area (Å²) < 4.78 is 29.0. The van der Waals surface area contributed by atoms with E-state index in [0.29, 0.717) is 15.7 Å². The van der Waals surface area contributed by atoms with Crippen LogP contribution in [0, 0.1) is 6.92 Å². The molecular formula is C32H31Cl2N3O4S. The van der Waals surface area contributed by atoms with Crippen LogP contribution >= 0.6 is 23.2 Å². The zero-order chi connectivity index (χ0) is 30.3. The van der Waals surface area contributed by atoms with Gasteiger partial charge >= 0.3 is 0 Å². The summed E-state index contributed by atoms with van der Waals surface area (Å²) in [6.45, 7) is 1.41. The Labute approximate surface area is 256 Å². The highest BCUT2D eigenvalue weighted by Crippen LogP contribution is 2.26. The molecule has 0 spiro atoms. The molecule has 0 heterocycles. The number of halogens is 2. The van der Waals surface area contributed by atoms with E-state index in [9.17, 15) is 18.0 Å². The zero-order valence-corrected chi connectivity index (χ0v) is 25.5. The lowest BCUT2D eigenvalue weighted by Crippen LogP contribution is -2.53. The SMILES string of the molecule is CNC(=O)[C@@H](Cc1ccccc1)N(Cc1ccc(Cl)cc1)C(=O)CN(c1ccc(C)cc1)S(=O)(=O)c1ccc(Cl)cc1. The lowest BCUT2D eigenvalue weighted by Gasteiger charge is -2.33. The second-order valence-electron chi connectivity index (χ2n) is 9.77. The molecule has 0 aliphatic heterocycles. The van der Waals surface area contributed by atoms with E-state index < -0.39 is 28.5 Å². The quantitative estimate of drug-likeness (QED) is 0.226. The predicted octanol–water partition coefficient (Wildman–Crippen LogP) is 5.88. The molecule has 4 aromatic rings. The Bertz CT molecular complexity index is 1610. The van der Waals surface area contributed by atoms with Crippen molar-refractivity contribution in [3.63, 3.8) is 0 Å². The maximum atomic E-state index is 14.2. The van der Waals surface area contributed by atoms with Crippen LogP contribution < -0.4 is 9.62 Å². The number of hydrogen-bond donors (Lipinski definition) is 1. The number of nitrogens with one attached hydrogen (secondary N) is 1. The molecule has 2 amide bonds. The second-order valence-corrected chi connectivity index (χ2v) is 12.5. The zero-order valence-electron chi connectivity index (χ0n) is 23.2. The molecule has 218 valence electrons. The Hall–Kier alpha value is -3.85. The van der Waals surface area contributed by atoms with Gasteiger partial charge in [-0.25, -0.2) is 8.42 Å². The van der Waals surface area contributed by atoms with Crippen molar-refractivity contribution in [2.45, 2.75) is 30.8 Å². The van der Waals surface area contributed by atoms with Crippen molar-refractivity contribution in [3.05, 3.63) is 130 Å². The smallest absolute Gasteiger partial charge is 0.264 e. The number of carbonyl (C=O) groups is 2. The summed E-state index contributed by atoms with van der Waals surface area (Å²) in [5, 5.41) is 3.59. The predicted molar refractivity (Wildman–Crippen MR) is 167 cm³/mol. The maximum absolute atomic E-state index is 14.2. The van der Waals surface area contributed by atoms with Crippen LogP contribution in [0.15, 0.2) is 108 Å². The van der Waals surface area contributed by atoms with Crippen molar-refractivity contribution in [1.82, 2.24) is 10.2 Å². The van der Waals surface area contributed by atoms with E-state index in [1.54, 1.807) is 48.5 Å². The minimum atomic E-state index is -4.19. The van der Waals surface area contributed by atoms with Gasteiger partial charge in [0.1, 0.15) is 12.6 Å².